The van der Waals surface area contributed by atoms with Crippen LogP contribution in [-0.4, -0.2) is 19.1 Å². The first-order valence-electron chi connectivity index (χ1n) is 8.49. The van der Waals surface area contributed by atoms with Crippen molar-refractivity contribution in [3.05, 3.63) is 29.8 Å². The standard InChI is InChI=1S/C18H26F2N2O2.ClH/c1-13(14-7-3-4-8-15(14)24-17(19)20)22-16(23)11-18(12-21)9-5-2-6-10-18;/h3-4,7-8,13,17H,2,5-6,9-12,21H2,1H3,(H,22,23);1H. The molecular formula is C18H27ClF2N2O2. The van der Waals surface area contributed by atoms with Gasteiger partial charge in [0.1, 0.15) is 5.75 Å². The van der Waals surface area contributed by atoms with Gasteiger partial charge in [0.15, 0.2) is 0 Å². The summed E-state index contributed by atoms with van der Waals surface area (Å²) in [4.78, 5) is 12.4. The number of ether oxygens (including phenoxy) is 1. The Morgan fingerprint density at radius 1 is 1.28 bits per heavy atom. The highest BCUT2D eigenvalue weighted by Crippen LogP contribution is 2.38. The van der Waals surface area contributed by atoms with Gasteiger partial charge in [0.05, 0.1) is 6.04 Å². The summed E-state index contributed by atoms with van der Waals surface area (Å²) in [6.07, 6.45) is 5.72. The first-order valence-corrected chi connectivity index (χ1v) is 8.49. The van der Waals surface area contributed by atoms with Crippen LogP contribution in [0.1, 0.15) is 57.1 Å². The molecule has 0 bridgehead atoms. The predicted molar refractivity (Wildman–Crippen MR) is 96.1 cm³/mol. The van der Waals surface area contributed by atoms with Gasteiger partial charge in [-0.3, -0.25) is 4.79 Å². The average molecular weight is 377 g/mol. The van der Waals surface area contributed by atoms with Crippen LogP contribution in [0.3, 0.4) is 0 Å². The van der Waals surface area contributed by atoms with E-state index < -0.39 is 12.7 Å². The number of benzene rings is 1. The highest BCUT2D eigenvalue weighted by molar-refractivity contribution is 5.85. The third-order valence-corrected chi connectivity index (χ3v) is 4.86. The van der Waals surface area contributed by atoms with Gasteiger partial charge in [0.2, 0.25) is 5.91 Å². The van der Waals surface area contributed by atoms with E-state index in [9.17, 15) is 13.6 Å². The van der Waals surface area contributed by atoms with Crippen LogP contribution in [0.5, 0.6) is 5.75 Å². The number of nitrogens with two attached hydrogens (primary N) is 1. The molecule has 2 rings (SSSR count). The molecule has 1 aliphatic carbocycles. The Morgan fingerprint density at radius 3 is 2.52 bits per heavy atom. The van der Waals surface area contributed by atoms with Gasteiger partial charge in [0.25, 0.3) is 0 Å². The number of hydrogen-bond donors (Lipinski definition) is 2. The second-order valence-electron chi connectivity index (χ2n) is 6.65. The minimum atomic E-state index is -2.89. The summed E-state index contributed by atoms with van der Waals surface area (Å²) in [5.41, 5.74) is 6.34. The molecule has 3 N–H and O–H groups in total. The monoisotopic (exact) mass is 376 g/mol. The number of nitrogens with one attached hydrogen (secondary N) is 1. The first kappa shape index (κ1) is 21.6. The van der Waals surface area contributed by atoms with E-state index in [2.05, 4.69) is 10.1 Å². The zero-order valence-electron chi connectivity index (χ0n) is 14.5. The third kappa shape index (κ3) is 6.12. The van der Waals surface area contributed by atoms with Gasteiger partial charge >= 0.3 is 6.61 Å². The second-order valence-corrected chi connectivity index (χ2v) is 6.65. The largest absolute Gasteiger partial charge is 0.434 e. The number of alkyl halides is 2. The molecule has 142 valence electrons. The van der Waals surface area contributed by atoms with E-state index in [0.717, 1.165) is 25.7 Å². The zero-order chi connectivity index (χ0) is 17.6. The molecule has 1 aromatic rings. The van der Waals surface area contributed by atoms with Gasteiger partial charge < -0.3 is 15.8 Å². The van der Waals surface area contributed by atoms with Crippen molar-refractivity contribution >= 4 is 18.3 Å². The lowest BCUT2D eigenvalue weighted by atomic mass is 9.71. The Hall–Kier alpha value is -1.40. The number of halogens is 3. The van der Waals surface area contributed by atoms with Crippen molar-refractivity contribution in [2.24, 2.45) is 11.1 Å². The van der Waals surface area contributed by atoms with Crippen LogP contribution in [0, 0.1) is 5.41 Å². The first-order chi connectivity index (χ1) is 11.5. The molecule has 7 heteroatoms. The van der Waals surface area contributed by atoms with Crippen LogP contribution in [0.4, 0.5) is 8.78 Å². The molecule has 25 heavy (non-hydrogen) atoms. The molecule has 1 saturated carbocycles. The Bertz CT molecular complexity index is 552. The van der Waals surface area contributed by atoms with E-state index >= 15 is 0 Å². The summed E-state index contributed by atoms with van der Waals surface area (Å²) >= 11 is 0. The predicted octanol–water partition coefficient (Wildman–Crippen LogP) is 4.19. The number of carbonyl (C=O) groups is 1. The summed E-state index contributed by atoms with van der Waals surface area (Å²) < 4.78 is 29.6. The van der Waals surface area contributed by atoms with Crippen molar-refractivity contribution in [2.45, 2.75) is 58.1 Å². The summed E-state index contributed by atoms with van der Waals surface area (Å²) in [6.45, 7) is -0.627. The fourth-order valence-electron chi connectivity index (χ4n) is 3.51. The summed E-state index contributed by atoms with van der Waals surface area (Å²) in [5, 5.41) is 2.90. The SMILES string of the molecule is CC(NC(=O)CC1(CN)CCCCC1)c1ccccc1OC(F)F.Cl. The van der Waals surface area contributed by atoms with Crippen LogP contribution >= 0.6 is 12.4 Å². The number of para-hydroxylation sites is 1. The molecule has 0 aromatic heterocycles. The maximum Gasteiger partial charge on any atom is 0.387 e. The topological polar surface area (TPSA) is 64.4 Å². The maximum atomic E-state index is 12.5. The number of rotatable bonds is 7. The molecule has 1 unspecified atom stereocenters. The molecule has 0 heterocycles. The molecular weight excluding hydrogens is 350 g/mol. The van der Waals surface area contributed by atoms with Crippen molar-refractivity contribution in [2.75, 3.05) is 6.54 Å². The summed E-state index contributed by atoms with van der Waals surface area (Å²) in [5.74, 6) is -0.00629. The zero-order valence-corrected chi connectivity index (χ0v) is 15.3. The molecule has 4 nitrogen and oxygen atoms in total. The average Bonchev–Trinajstić information content (AvgIpc) is 2.55. The fourth-order valence-corrected chi connectivity index (χ4v) is 3.51. The van der Waals surface area contributed by atoms with E-state index in [-0.39, 0.29) is 29.5 Å². The minimum Gasteiger partial charge on any atom is -0.434 e. The molecule has 1 amide bonds. The van der Waals surface area contributed by atoms with Crippen molar-refractivity contribution in [3.63, 3.8) is 0 Å². The second kappa shape index (κ2) is 9.92. The van der Waals surface area contributed by atoms with E-state index in [4.69, 9.17) is 5.73 Å². The molecule has 0 spiro atoms. The van der Waals surface area contributed by atoms with Gasteiger partial charge in [-0.2, -0.15) is 8.78 Å². The van der Waals surface area contributed by atoms with Gasteiger partial charge in [-0.15, -0.1) is 12.4 Å². The maximum absolute atomic E-state index is 12.5. The highest BCUT2D eigenvalue weighted by Gasteiger charge is 2.33. The Labute approximate surface area is 153 Å². The lowest BCUT2D eigenvalue weighted by molar-refractivity contribution is -0.124. The van der Waals surface area contributed by atoms with Crippen LogP contribution in [0.15, 0.2) is 24.3 Å². The van der Waals surface area contributed by atoms with Crippen molar-refractivity contribution in [1.82, 2.24) is 5.32 Å². The smallest absolute Gasteiger partial charge is 0.387 e. The van der Waals surface area contributed by atoms with E-state index in [1.807, 2.05) is 0 Å². The molecule has 1 atom stereocenters. The fraction of sp³-hybridized carbons (Fsp3) is 0.611. The Balaban J connectivity index is 0.00000312. The molecule has 1 aromatic carbocycles. The van der Waals surface area contributed by atoms with Crippen LogP contribution < -0.4 is 15.8 Å². The van der Waals surface area contributed by atoms with Crippen molar-refractivity contribution < 1.29 is 18.3 Å². The van der Waals surface area contributed by atoms with Crippen molar-refractivity contribution in [1.29, 1.82) is 0 Å². The Kier molecular flexibility index (Phi) is 8.59. The quantitative estimate of drug-likeness (QED) is 0.750. The lowest BCUT2D eigenvalue weighted by Crippen LogP contribution is -2.39. The molecule has 0 radical (unpaired) electrons. The third-order valence-electron chi connectivity index (χ3n) is 4.86. The van der Waals surface area contributed by atoms with E-state index in [1.54, 1.807) is 25.1 Å². The van der Waals surface area contributed by atoms with Gasteiger partial charge in [-0.05, 0) is 37.8 Å². The van der Waals surface area contributed by atoms with Crippen LogP contribution in [0.25, 0.3) is 0 Å². The van der Waals surface area contributed by atoms with Gasteiger partial charge in [-0.25, -0.2) is 0 Å². The van der Waals surface area contributed by atoms with Crippen LogP contribution in [0.2, 0.25) is 0 Å². The number of carbonyl (C=O) groups excluding carboxylic acids is 1. The minimum absolute atomic E-state index is 0. The number of amides is 1. The Morgan fingerprint density at radius 2 is 1.92 bits per heavy atom. The molecule has 1 fully saturated rings. The van der Waals surface area contributed by atoms with E-state index in [1.165, 1.54) is 12.5 Å². The molecule has 1 aliphatic rings. The highest BCUT2D eigenvalue weighted by atomic mass is 35.5. The summed E-state index contributed by atoms with van der Waals surface area (Å²) in [6, 6.07) is 6.11. The van der Waals surface area contributed by atoms with Crippen LogP contribution in [-0.2, 0) is 4.79 Å². The van der Waals surface area contributed by atoms with Crippen molar-refractivity contribution in [3.8, 4) is 5.75 Å². The van der Waals surface area contributed by atoms with E-state index in [0.29, 0.717) is 18.5 Å². The van der Waals surface area contributed by atoms with Gasteiger partial charge in [-0.1, -0.05) is 37.5 Å². The number of hydrogen-bond acceptors (Lipinski definition) is 3. The lowest BCUT2D eigenvalue weighted by Gasteiger charge is -2.36. The summed E-state index contributed by atoms with van der Waals surface area (Å²) in [7, 11) is 0. The molecule has 0 saturated heterocycles. The molecule has 0 aliphatic heterocycles. The van der Waals surface area contributed by atoms with Gasteiger partial charge in [0, 0.05) is 12.0 Å². The normalized spacial score (nSPS) is 17.5.